The number of hydrogen-bond acceptors (Lipinski definition) is 5. The Morgan fingerprint density at radius 1 is 0.844 bits per heavy atom. The van der Waals surface area contributed by atoms with Crippen LogP contribution in [0.15, 0.2) is 30.5 Å². The summed E-state index contributed by atoms with van der Waals surface area (Å²) in [6.07, 6.45) is -11.5. The van der Waals surface area contributed by atoms with E-state index in [2.05, 4.69) is 4.98 Å². The Labute approximate surface area is 254 Å². The number of halogens is 9. The summed E-state index contributed by atoms with van der Waals surface area (Å²) in [6, 6.07) is 1.27. The first-order valence-electron chi connectivity index (χ1n) is 13.8. The topological polar surface area (TPSA) is 90.8 Å². The Kier molecular flexibility index (Phi) is 11.1. The number of carbonyl (C=O) groups is 1. The van der Waals surface area contributed by atoms with E-state index in [-0.39, 0.29) is 42.2 Å². The number of sulfonamides is 1. The van der Waals surface area contributed by atoms with Crippen molar-refractivity contribution in [3.8, 4) is 0 Å². The Balaban J connectivity index is 2.00. The van der Waals surface area contributed by atoms with Crippen molar-refractivity contribution in [1.82, 2.24) is 9.29 Å². The quantitative estimate of drug-likeness (QED) is 0.253. The highest BCUT2D eigenvalue weighted by molar-refractivity contribution is 7.88. The number of anilines is 1. The van der Waals surface area contributed by atoms with Crippen molar-refractivity contribution in [2.45, 2.75) is 70.6 Å². The zero-order chi connectivity index (χ0) is 34.0. The molecule has 7 nitrogen and oxygen atoms in total. The highest BCUT2D eigenvalue weighted by atomic mass is 32.2. The van der Waals surface area contributed by atoms with E-state index in [4.69, 9.17) is 5.11 Å². The number of carboxylic acids is 1. The number of hydrogen-bond donors (Lipinski definition) is 1. The highest BCUT2D eigenvalue weighted by Gasteiger charge is 2.38. The lowest BCUT2D eigenvalue weighted by Gasteiger charge is -2.34. The summed E-state index contributed by atoms with van der Waals surface area (Å²) in [6.45, 7) is 0.381. The van der Waals surface area contributed by atoms with Gasteiger partial charge in [0.1, 0.15) is 5.82 Å². The third kappa shape index (κ3) is 10.2. The van der Waals surface area contributed by atoms with Crippen LogP contribution in [0.3, 0.4) is 0 Å². The van der Waals surface area contributed by atoms with E-state index in [0.717, 1.165) is 0 Å². The summed E-state index contributed by atoms with van der Waals surface area (Å²) in [5, 5.41) is 9.05. The molecule has 0 atom stereocenters. The van der Waals surface area contributed by atoms with Gasteiger partial charge in [0.15, 0.2) is 0 Å². The second kappa shape index (κ2) is 13.7. The molecular weight excluding hydrogens is 645 g/mol. The fourth-order valence-corrected chi connectivity index (χ4v) is 6.15. The molecule has 1 aliphatic carbocycles. The van der Waals surface area contributed by atoms with Gasteiger partial charge in [-0.05, 0) is 74.3 Å². The van der Waals surface area contributed by atoms with E-state index >= 15 is 0 Å². The zero-order valence-electron chi connectivity index (χ0n) is 24.2. The SMILES string of the molecule is CCN(C[C@H]1CC[C@H](CC(=O)O)CC1)c1ncc(C(F)(F)F)cc1CN(Cc1cc(C(F)(F)F)cc(C(F)(F)F)c1)S(C)(=O)=O. The monoisotopic (exact) mass is 677 g/mol. The smallest absolute Gasteiger partial charge is 0.417 e. The van der Waals surface area contributed by atoms with E-state index < -0.39 is 69.9 Å². The predicted octanol–water partition coefficient (Wildman–Crippen LogP) is 7.21. The first-order valence-corrected chi connectivity index (χ1v) is 15.7. The molecule has 0 radical (unpaired) electrons. The average molecular weight is 678 g/mol. The van der Waals surface area contributed by atoms with Crippen molar-refractivity contribution in [2.75, 3.05) is 24.2 Å². The molecule has 3 rings (SSSR count). The molecule has 1 aliphatic rings. The third-order valence-corrected chi connectivity index (χ3v) is 8.88. The molecule has 1 fully saturated rings. The molecule has 2 aromatic rings. The summed E-state index contributed by atoms with van der Waals surface area (Å²) in [4.78, 5) is 16.7. The summed E-state index contributed by atoms with van der Waals surface area (Å²) in [7, 11) is -4.40. The molecule has 0 unspecified atom stereocenters. The maximum Gasteiger partial charge on any atom is 0.417 e. The van der Waals surface area contributed by atoms with Crippen LogP contribution in [0.2, 0.25) is 0 Å². The lowest BCUT2D eigenvalue weighted by Crippen LogP contribution is -2.35. The van der Waals surface area contributed by atoms with Crippen LogP contribution < -0.4 is 4.90 Å². The molecule has 17 heteroatoms. The van der Waals surface area contributed by atoms with Crippen molar-refractivity contribution < 1.29 is 57.8 Å². The fourth-order valence-electron chi connectivity index (χ4n) is 5.40. The predicted molar refractivity (Wildman–Crippen MR) is 145 cm³/mol. The summed E-state index contributed by atoms with van der Waals surface area (Å²) in [5.41, 5.74) is -5.48. The summed E-state index contributed by atoms with van der Waals surface area (Å²) < 4.78 is 147. The number of nitrogens with zero attached hydrogens (tertiary/aromatic N) is 3. The third-order valence-electron chi connectivity index (χ3n) is 7.68. The highest BCUT2D eigenvalue weighted by Crippen LogP contribution is 2.38. The van der Waals surface area contributed by atoms with E-state index in [1.54, 1.807) is 11.8 Å². The average Bonchev–Trinajstić information content (AvgIpc) is 2.90. The molecule has 0 aliphatic heterocycles. The summed E-state index contributed by atoms with van der Waals surface area (Å²) in [5.74, 6) is -0.927. The van der Waals surface area contributed by atoms with E-state index in [1.807, 2.05) is 0 Å². The normalized spacial score (nSPS) is 18.3. The van der Waals surface area contributed by atoms with E-state index in [1.165, 1.54) is 0 Å². The van der Waals surface area contributed by atoms with Crippen LogP contribution in [0, 0.1) is 11.8 Å². The van der Waals surface area contributed by atoms with Crippen LogP contribution in [0.1, 0.15) is 66.8 Å². The number of benzene rings is 1. The molecule has 252 valence electrons. The lowest BCUT2D eigenvalue weighted by atomic mass is 9.80. The number of rotatable bonds is 11. The van der Waals surface area contributed by atoms with Crippen LogP contribution in [0.25, 0.3) is 0 Å². The minimum absolute atomic E-state index is 0.00869. The first kappa shape index (κ1) is 36.4. The van der Waals surface area contributed by atoms with E-state index in [0.29, 0.717) is 67.2 Å². The maximum atomic E-state index is 13.7. The molecule has 0 saturated heterocycles. The molecule has 0 bridgehead atoms. The van der Waals surface area contributed by atoms with Crippen molar-refractivity contribution >= 4 is 21.8 Å². The Bertz CT molecular complexity index is 1420. The molecule has 1 N–H and O–H groups in total. The van der Waals surface area contributed by atoms with Crippen molar-refractivity contribution in [1.29, 1.82) is 0 Å². The van der Waals surface area contributed by atoms with Gasteiger partial charge < -0.3 is 10.0 Å². The van der Waals surface area contributed by atoms with Gasteiger partial charge in [0.25, 0.3) is 0 Å². The Hall–Kier alpha value is -3.08. The van der Waals surface area contributed by atoms with Gasteiger partial charge in [-0.2, -0.15) is 43.8 Å². The van der Waals surface area contributed by atoms with Crippen LogP contribution in [-0.2, 0) is 46.4 Å². The van der Waals surface area contributed by atoms with Gasteiger partial charge in [0, 0.05) is 44.4 Å². The summed E-state index contributed by atoms with van der Waals surface area (Å²) >= 11 is 0. The van der Waals surface area contributed by atoms with Gasteiger partial charge >= 0.3 is 24.5 Å². The lowest BCUT2D eigenvalue weighted by molar-refractivity contribution is -0.143. The molecule has 1 aromatic carbocycles. The molecular formula is C28H32F9N3O4S. The molecule has 0 spiro atoms. The zero-order valence-corrected chi connectivity index (χ0v) is 25.0. The van der Waals surface area contributed by atoms with Gasteiger partial charge in [-0.15, -0.1) is 0 Å². The molecule has 1 heterocycles. The number of carboxylic acid groups (broad SMARTS) is 1. The fraction of sp³-hybridized carbons (Fsp3) is 0.571. The van der Waals surface area contributed by atoms with Crippen LogP contribution >= 0.6 is 0 Å². The van der Waals surface area contributed by atoms with Gasteiger partial charge in [-0.3, -0.25) is 4.79 Å². The van der Waals surface area contributed by atoms with Crippen LogP contribution in [0.5, 0.6) is 0 Å². The minimum atomic E-state index is -5.20. The Morgan fingerprint density at radius 3 is 1.80 bits per heavy atom. The van der Waals surface area contributed by atoms with Gasteiger partial charge in [0.05, 0.1) is 22.9 Å². The number of aliphatic carboxylic acids is 1. The maximum absolute atomic E-state index is 13.7. The number of alkyl halides is 9. The number of pyridine rings is 1. The second-order valence-electron chi connectivity index (χ2n) is 11.2. The largest absolute Gasteiger partial charge is 0.481 e. The first-order chi connectivity index (χ1) is 20.6. The van der Waals surface area contributed by atoms with Crippen molar-refractivity contribution in [3.63, 3.8) is 0 Å². The number of aromatic nitrogens is 1. The second-order valence-corrected chi connectivity index (χ2v) is 13.2. The molecule has 1 saturated carbocycles. The molecule has 1 aromatic heterocycles. The standard InChI is InChI=1S/C28H32F9N3O4S/c1-3-39(14-18-6-4-17(5-7-18)10-24(41)42)25-20(11-23(13-38-25)28(35,36)37)16-40(45(2,43)44)15-19-8-21(26(29,30)31)12-22(9-19)27(32,33)34/h8-9,11-13,17-18H,3-7,10,14-16H2,1-2H3,(H,41,42)/t17-,18-. The Morgan fingerprint density at radius 2 is 1.36 bits per heavy atom. The van der Waals surface area contributed by atoms with Crippen molar-refractivity contribution in [2.24, 2.45) is 11.8 Å². The van der Waals surface area contributed by atoms with Crippen LogP contribution in [-0.4, -0.2) is 48.1 Å². The van der Waals surface area contributed by atoms with Gasteiger partial charge in [0.2, 0.25) is 10.0 Å². The molecule has 0 amide bonds. The van der Waals surface area contributed by atoms with Crippen LogP contribution in [0.4, 0.5) is 45.3 Å². The van der Waals surface area contributed by atoms with Crippen molar-refractivity contribution in [3.05, 3.63) is 58.3 Å². The van der Waals surface area contributed by atoms with Gasteiger partial charge in [-0.1, -0.05) is 0 Å². The van der Waals surface area contributed by atoms with E-state index in [9.17, 15) is 52.7 Å². The molecule has 45 heavy (non-hydrogen) atoms. The van der Waals surface area contributed by atoms with Gasteiger partial charge in [-0.25, -0.2) is 13.4 Å². The minimum Gasteiger partial charge on any atom is -0.481 e.